The third-order valence-corrected chi connectivity index (χ3v) is 4.65. The summed E-state index contributed by atoms with van der Waals surface area (Å²) in [5.74, 6) is 1.22. The summed E-state index contributed by atoms with van der Waals surface area (Å²) in [6, 6.07) is 9.26. The summed E-state index contributed by atoms with van der Waals surface area (Å²) >= 11 is 0. The maximum atomic E-state index is 4.74. The first-order valence-electron chi connectivity index (χ1n) is 8.56. The maximum Gasteiger partial charge on any atom is 0.109 e. The predicted molar refractivity (Wildman–Crippen MR) is 88.6 cm³/mol. The largest absolute Gasteiger partial charge is 0.328 e. The van der Waals surface area contributed by atoms with Crippen molar-refractivity contribution in [1.29, 1.82) is 0 Å². The first-order chi connectivity index (χ1) is 10.4. The number of benzene rings is 1. The quantitative estimate of drug-likeness (QED) is 0.815. The van der Waals surface area contributed by atoms with Gasteiger partial charge in [-0.3, -0.25) is 0 Å². The lowest BCUT2D eigenvalue weighted by molar-refractivity contribution is 0.369. The van der Waals surface area contributed by atoms with E-state index in [9.17, 15) is 0 Å². The average Bonchev–Trinajstić information content (AvgIpc) is 2.90. The van der Waals surface area contributed by atoms with E-state index in [1.165, 1.54) is 49.9 Å². The van der Waals surface area contributed by atoms with Crippen LogP contribution >= 0.6 is 0 Å². The first kappa shape index (κ1) is 14.6. The first-order valence-corrected chi connectivity index (χ1v) is 8.56. The number of nitrogens with zero attached hydrogens (tertiary/aromatic N) is 2. The molecule has 1 aliphatic rings. The van der Waals surface area contributed by atoms with Crippen molar-refractivity contribution >= 4 is 11.0 Å². The van der Waals surface area contributed by atoms with Gasteiger partial charge in [0.25, 0.3) is 0 Å². The molecule has 1 aromatic carbocycles. The number of para-hydroxylation sites is 2. The highest BCUT2D eigenvalue weighted by Gasteiger charge is 2.12. The van der Waals surface area contributed by atoms with Gasteiger partial charge in [-0.15, -0.1) is 0 Å². The second kappa shape index (κ2) is 7.08. The van der Waals surface area contributed by atoms with Gasteiger partial charge in [-0.1, -0.05) is 38.3 Å². The van der Waals surface area contributed by atoms with Gasteiger partial charge in [0.1, 0.15) is 5.82 Å². The van der Waals surface area contributed by atoms with Gasteiger partial charge >= 0.3 is 0 Å². The van der Waals surface area contributed by atoms with Gasteiger partial charge in [-0.25, -0.2) is 4.98 Å². The minimum absolute atomic E-state index is 0.768. The molecule has 1 heterocycles. The van der Waals surface area contributed by atoms with E-state index < -0.39 is 0 Å². The van der Waals surface area contributed by atoms with Crippen molar-refractivity contribution in [2.75, 3.05) is 6.54 Å². The second-order valence-corrected chi connectivity index (χ2v) is 6.16. The van der Waals surface area contributed by atoms with Crippen molar-refractivity contribution in [1.82, 2.24) is 14.9 Å². The Labute approximate surface area is 127 Å². The fourth-order valence-corrected chi connectivity index (χ4v) is 3.49. The molecule has 3 nitrogen and oxygen atoms in total. The lowest BCUT2D eigenvalue weighted by atomic mass is 9.95. The van der Waals surface area contributed by atoms with Gasteiger partial charge in [-0.05, 0) is 37.9 Å². The smallest absolute Gasteiger partial charge is 0.109 e. The fraction of sp³-hybridized carbons (Fsp3) is 0.611. The monoisotopic (exact) mass is 285 g/mol. The molecule has 1 fully saturated rings. The van der Waals surface area contributed by atoms with E-state index in [1.807, 2.05) is 0 Å². The zero-order chi connectivity index (χ0) is 14.5. The van der Waals surface area contributed by atoms with Crippen LogP contribution in [0.3, 0.4) is 0 Å². The van der Waals surface area contributed by atoms with Crippen molar-refractivity contribution in [3.8, 4) is 0 Å². The summed E-state index contributed by atoms with van der Waals surface area (Å²) in [6.45, 7) is 4.39. The molecule has 0 spiro atoms. The van der Waals surface area contributed by atoms with Crippen LogP contribution in [0.4, 0.5) is 0 Å². The van der Waals surface area contributed by atoms with Crippen molar-refractivity contribution in [2.24, 2.45) is 0 Å². The Kier molecular flexibility index (Phi) is 4.91. The van der Waals surface area contributed by atoms with Crippen molar-refractivity contribution in [3.63, 3.8) is 0 Å². The number of nitrogens with one attached hydrogen (secondary N) is 1. The molecule has 0 aliphatic heterocycles. The number of hydrogen-bond donors (Lipinski definition) is 1. The van der Waals surface area contributed by atoms with Gasteiger partial charge in [0, 0.05) is 19.0 Å². The van der Waals surface area contributed by atoms with Crippen LogP contribution < -0.4 is 5.32 Å². The molecule has 0 atom stereocenters. The Balaban J connectivity index is 1.57. The highest BCUT2D eigenvalue weighted by molar-refractivity contribution is 5.75. The number of hydrogen-bond acceptors (Lipinski definition) is 2. The Bertz CT molecular complexity index is 567. The maximum absolute atomic E-state index is 4.74. The van der Waals surface area contributed by atoms with Crippen LogP contribution in [0.15, 0.2) is 24.3 Å². The van der Waals surface area contributed by atoms with Crippen LogP contribution in [-0.2, 0) is 13.0 Å². The molecule has 1 N–H and O–H groups in total. The molecule has 0 unspecified atom stereocenters. The molecule has 1 aromatic heterocycles. The van der Waals surface area contributed by atoms with Gasteiger partial charge in [0.05, 0.1) is 11.0 Å². The average molecular weight is 285 g/mol. The molecule has 1 aliphatic carbocycles. The Morgan fingerprint density at radius 2 is 2.00 bits per heavy atom. The molecule has 3 heteroatoms. The SMILES string of the molecule is CCc1nc2ccccc2n1CCCNC1CCCCC1. The molecule has 0 radical (unpaired) electrons. The molecule has 114 valence electrons. The number of imidazole rings is 1. The van der Waals surface area contributed by atoms with E-state index in [2.05, 4.69) is 41.1 Å². The second-order valence-electron chi connectivity index (χ2n) is 6.16. The van der Waals surface area contributed by atoms with E-state index in [0.29, 0.717) is 0 Å². The lowest BCUT2D eigenvalue weighted by Crippen LogP contribution is -2.32. The van der Waals surface area contributed by atoms with Crippen LogP contribution in [0.1, 0.15) is 51.3 Å². The van der Waals surface area contributed by atoms with Crippen LogP contribution in [0.2, 0.25) is 0 Å². The normalized spacial score (nSPS) is 16.6. The molecule has 21 heavy (non-hydrogen) atoms. The van der Waals surface area contributed by atoms with Crippen molar-refractivity contribution in [2.45, 2.75) is 64.5 Å². The number of rotatable bonds is 6. The van der Waals surface area contributed by atoms with Crippen LogP contribution in [0, 0.1) is 0 Å². The van der Waals surface area contributed by atoms with Gasteiger partial charge in [0.15, 0.2) is 0 Å². The highest BCUT2D eigenvalue weighted by atomic mass is 15.1. The lowest BCUT2D eigenvalue weighted by Gasteiger charge is -2.22. The number of fused-ring (bicyclic) bond motifs is 1. The zero-order valence-electron chi connectivity index (χ0n) is 13.1. The Hall–Kier alpha value is -1.35. The molecule has 3 rings (SSSR count). The molecule has 0 bridgehead atoms. The van der Waals surface area contributed by atoms with Crippen LogP contribution in [-0.4, -0.2) is 22.1 Å². The molecule has 1 saturated carbocycles. The predicted octanol–water partition coefficient (Wildman–Crippen LogP) is 3.91. The summed E-state index contributed by atoms with van der Waals surface area (Å²) in [5, 5.41) is 3.74. The summed E-state index contributed by atoms with van der Waals surface area (Å²) in [5.41, 5.74) is 2.42. The van der Waals surface area contributed by atoms with E-state index in [0.717, 1.165) is 31.1 Å². The topological polar surface area (TPSA) is 29.9 Å². The molecule has 2 aromatic rings. The Morgan fingerprint density at radius 3 is 2.81 bits per heavy atom. The molecule has 0 saturated heterocycles. The van der Waals surface area contributed by atoms with E-state index in [-0.39, 0.29) is 0 Å². The fourth-order valence-electron chi connectivity index (χ4n) is 3.49. The van der Waals surface area contributed by atoms with E-state index in [1.54, 1.807) is 0 Å². The molecule has 0 amide bonds. The van der Waals surface area contributed by atoms with E-state index in [4.69, 9.17) is 4.98 Å². The third kappa shape index (κ3) is 3.46. The number of aryl methyl sites for hydroxylation is 2. The zero-order valence-corrected chi connectivity index (χ0v) is 13.1. The molecular weight excluding hydrogens is 258 g/mol. The minimum atomic E-state index is 0.768. The number of aromatic nitrogens is 2. The summed E-state index contributed by atoms with van der Waals surface area (Å²) < 4.78 is 2.40. The van der Waals surface area contributed by atoms with Crippen LogP contribution in [0.5, 0.6) is 0 Å². The third-order valence-electron chi connectivity index (χ3n) is 4.65. The standard InChI is InChI=1S/C18H27N3/c1-2-18-20-16-11-6-7-12-17(16)21(18)14-8-13-19-15-9-4-3-5-10-15/h6-7,11-12,15,19H,2-5,8-10,13-14H2,1H3. The minimum Gasteiger partial charge on any atom is -0.328 e. The van der Waals surface area contributed by atoms with Gasteiger partial charge in [0.2, 0.25) is 0 Å². The van der Waals surface area contributed by atoms with Crippen molar-refractivity contribution < 1.29 is 0 Å². The van der Waals surface area contributed by atoms with Crippen molar-refractivity contribution in [3.05, 3.63) is 30.1 Å². The van der Waals surface area contributed by atoms with E-state index >= 15 is 0 Å². The summed E-state index contributed by atoms with van der Waals surface area (Å²) in [7, 11) is 0. The van der Waals surface area contributed by atoms with Gasteiger partial charge in [-0.2, -0.15) is 0 Å². The highest BCUT2D eigenvalue weighted by Crippen LogP contribution is 2.18. The van der Waals surface area contributed by atoms with Crippen LogP contribution in [0.25, 0.3) is 11.0 Å². The Morgan fingerprint density at radius 1 is 1.19 bits per heavy atom. The summed E-state index contributed by atoms with van der Waals surface area (Å²) in [6.07, 6.45) is 9.17. The molecular formula is C18H27N3. The van der Waals surface area contributed by atoms with Gasteiger partial charge < -0.3 is 9.88 Å². The summed E-state index contributed by atoms with van der Waals surface area (Å²) in [4.78, 5) is 4.74.